The largest absolute Gasteiger partial charge is 0.279 e. The van der Waals surface area contributed by atoms with Crippen LogP contribution in [0.3, 0.4) is 0 Å². The lowest BCUT2D eigenvalue weighted by Crippen LogP contribution is -2.41. The highest BCUT2D eigenvalue weighted by atomic mass is 32.2. The third-order valence-electron chi connectivity index (χ3n) is 2.45. The number of nitrogens with two attached hydrogens (primary N) is 1. The summed E-state index contributed by atoms with van der Waals surface area (Å²) in [6.07, 6.45) is 0. The molecule has 1 heterocycles. The molecule has 19 heavy (non-hydrogen) atoms. The molecule has 0 aliphatic heterocycles. The van der Waals surface area contributed by atoms with Crippen LogP contribution in [0.1, 0.15) is 18.7 Å². The Morgan fingerprint density at radius 1 is 1.32 bits per heavy atom. The van der Waals surface area contributed by atoms with E-state index < -0.39 is 20.2 Å². The van der Waals surface area contributed by atoms with Gasteiger partial charge in [0.15, 0.2) is 0 Å². The number of nitrogens with one attached hydrogen (secondary N) is 1. The maximum absolute atomic E-state index is 11.8. The Morgan fingerprint density at radius 3 is 2.32 bits per heavy atom. The molecule has 0 spiro atoms. The summed E-state index contributed by atoms with van der Waals surface area (Å²) in [5.74, 6) is 0. The zero-order valence-corrected chi connectivity index (χ0v) is 13.3. The Kier molecular flexibility index (Phi) is 5.09. The number of rotatable bonds is 6. The highest BCUT2D eigenvalue weighted by Crippen LogP contribution is 2.20. The lowest BCUT2D eigenvalue weighted by molar-refractivity contribution is 0.402. The second-order valence-electron chi connectivity index (χ2n) is 4.20. The van der Waals surface area contributed by atoms with Gasteiger partial charge in [-0.15, -0.1) is 11.3 Å². The number of primary sulfonamides is 1. The van der Waals surface area contributed by atoms with Crippen LogP contribution in [0.15, 0.2) is 16.3 Å². The van der Waals surface area contributed by atoms with Crippen LogP contribution in [0.2, 0.25) is 0 Å². The first-order valence-electron chi connectivity index (χ1n) is 5.38. The van der Waals surface area contributed by atoms with Gasteiger partial charge in [-0.2, -0.15) is 17.4 Å². The van der Waals surface area contributed by atoms with Crippen molar-refractivity contribution in [1.29, 1.82) is 0 Å². The molecule has 0 bridgehead atoms. The van der Waals surface area contributed by atoms with Gasteiger partial charge in [0.25, 0.3) is 10.2 Å². The Bertz CT molecular complexity index is 633. The average molecular weight is 327 g/mol. The van der Waals surface area contributed by atoms with Crippen molar-refractivity contribution in [2.24, 2.45) is 5.14 Å². The minimum Gasteiger partial charge on any atom is -0.224 e. The zero-order chi connectivity index (χ0) is 14.8. The van der Waals surface area contributed by atoms with E-state index in [1.807, 2.05) is 0 Å². The smallest absolute Gasteiger partial charge is 0.224 e. The highest BCUT2D eigenvalue weighted by molar-refractivity contribution is 7.91. The SMILES string of the molecule is CC(C)N(C)S(=O)(=O)NCc1ccc(S(N)(=O)=O)s1. The second-order valence-corrected chi connectivity index (χ2v) is 8.97. The molecule has 0 atom stereocenters. The van der Waals surface area contributed by atoms with Crippen molar-refractivity contribution in [2.75, 3.05) is 7.05 Å². The molecule has 110 valence electrons. The van der Waals surface area contributed by atoms with Crippen molar-refractivity contribution in [2.45, 2.75) is 30.6 Å². The molecule has 10 heteroatoms. The molecular formula is C9H17N3O4S3. The van der Waals surface area contributed by atoms with Gasteiger partial charge in [0.1, 0.15) is 4.21 Å². The maximum atomic E-state index is 11.8. The Labute approximate surface area is 117 Å². The van der Waals surface area contributed by atoms with E-state index in [0.717, 1.165) is 11.3 Å². The van der Waals surface area contributed by atoms with Crippen LogP contribution in [0, 0.1) is 0 Å². The number of hydrogen-bond acceptors (Lipinski definition) is 5. The van der Waals surface area contributed by atoms with Gasteiger partial charge in [0.05, 0.1) is 0 Å². The van der Waals surface area contributed by atoms with Crippen molar-refractivity contribution in [3.8, 4) is 0 Å². The predicted octanol–water partition coefficient (Wildman–Crippen LogP) is 0.0701. The molecule has 0 fully saturated rings. The number of hydrogen-bond donors (Lipinski definition) is 2. The quantitative estimate of drug-likeness (QED) is 0.770. The molecule has 0 aromatic carbocycles. The van der Waals surface area contributed by atoms with Gasteiger partial charge in [-0.3, -0.25) is 0 Å². The van der Waals surface area contributed by atoms with Gasteiger partial charge in [0, 0.05) is 24.5 Å². The van der Waals surface area contributed by atoms with E-state index in [0.29, 0.717) is 4.88 Å². The fraction of sp³-hybridized carbons (Fsp3) is 0.556. The average Bonchev–Trinajstić information content (AvgIpc) is 2.73. The van der Waals surface area contributed by atoms with Crippen LogP contribution in [0.25, 0.3) is 0 Å². The Morgan fingerprint density at radius 2 is 1.89 bits per heavy atom. The van der Waals surface area contributed by atoms with E-state index in [1.54, 1.807) is 13.8 Å². The van der Waals surface area contributed by atoms with Gasteiger partial charge < -0.3 is 0 Å². The van der Waals surface area contributed by atoms with Crippen LogP contribution in [0.5, 0.6) is 0 Å². The normalized spacial score (nSPS) is 13.4. The van der Waals surface area contributed by atoms with E-state index in [-0.39, 0.29) is 16.8 Å². The minimum atomic E-state index is -3.73. The molecule has 0 aliphatic rings. The summed E-state index contributed by atoms with van der Waals surface area (Å²) in [6, 6.07) is 2.72. The maximum Gasteiger partial charge on any atom is 0.279 e. The molecule has 0 saturated heterocycles. The molecule has 3 N–H and O–H groups in total. The summed E-state index contributed by atoms with van der Waals surface area (Å²) in [5, 5.41) is 4.98. The molecule has 1 aromatic rings. The van der Waals surface area contributed by atoms with Crippen molar-refractivity contribution in [3.63, 3.8) is 0 Å². The summed E-state index contributed by atoms with van der Waals surface area (Å²) in [5.41, 5.74) is 0. The van der Waals surface area contributed by atoms with Crippen molar-refractivity contribution < 1.29 is 16.8 Å². The van der Waals surface area contributed by atoms with Crippen LogP contribution in [0.4, 0.5) is 0 Å². The molecule has 0 amide bonds. The third kappa shape index (κ3) is 4.51. The van der Waals surface area contributed by atoms with E-state index in [4.69, 9.17) is 5.14 Å². The first-order chi connectivity index (χ1) is 8.54. The Balaban J connectivity index is 2.76. The summed E-state index contributed by atoms with van der Waals surface area (Å²) < 4.78 is 49.4. The summed E-state index contributed by atoms with van der Waals surface area (Å²) >= 11 is 0.942. The summed E-state index contributed by atoms with van der Waals surface area (Å²) in [6.45, 7) is 3.53. The first kappa shape index (κ1) is 16.5. The molecule has 1 rings (SSSR count). The lowest BCUT2D eigenvalue weighted by atomic mass is 10.4. The van der Waals surface area contributed by atoms with Crippen LogP contribution >= 0.6 is 11.3 Å². The topological polar surface area (TPSA) is 110 Å². The second kappa shape index (κ2) is 5.85. The van der Waals surface area contributed by atoms with Crippen molar-refractivity contribution in [3.05, 3.63) is 17.0 Å². The van der Waals surface area contributed by atoms with Gasteiger partial charge in [-0.05, 0) is 26.0 Å². The molecular weight excluding hydrogens is 310 g/mol. The van der Waals surface area contributed by atoms with E-state index in [2.05, 4.69) is 4.72 Å². The van der Waals surface area contributed by atoms with E-state index in [9.17, 15) is 16.8 Å². The monoisotopic (exact) mass is 327 g/mol. The first-order valence-corrected chi connectivity index (χ1v) is 9.18. The molecule has 0 aliphatic carbocycles. The van der Waals surface area contributed by atoms with Crippen LogP contribution in [-0.2, 0) is 26.8 Å². The highest BCUT2D eigenvalue weighted by Gasteiger charge is 2.20. The van der Waals surface area contributed by atoms with Gasteiger partial charge in [-0.25, -0.2) is 13.6 Å². The van der Waals surface area contributed by atoms with Crippen molar-refractivity contribution in [1.82, 2.24) is 9.03 Å². The molecule has 0 saturated carbocycles. The molecule has 0 unspecified atom stereocenters. The number of sulfonamides is 1. The van der Waals surface area contributed by atoms with Gasteiger partial charge in [-0.1, -0.05) is 0 Å². The van der Waals surface area contributed by atoms with Gasteiger partial charge in [0.2, 0.25) is 10.0 Å². The van der Waals surface area contributed by atoms with Crippen LogP contribution < -0.4 is 9.86 Å². The molecule has 7 nitrogen and oxygen atoms in total. The van der Waals surface area contributed by atoms with E-state index >= 15 is 0 Å². The van der Waals surface area contributed by atoms with Crippen LogP contribution in [-0.4, -0.2) is 34.2 Å². The lowest BCUT2D eigenvalue weighted by Gasteiger charge is -2.20. The summed E-state index contributed by atoms with van der Waals surface area (Å²) in [4.78, 5) is 0.574. The number of thiophene rings is 1. The fourth-order valence-electron chi connectivity index (χ4n) is 1.15. The molecule has 0 radical (unpaired) electrons. The van der Waals surface area contributed by atoms with Gasteiger partial charge >= 0.3 is 0 Å². The fourth-order valence-corrected chi connectivity index (χ4v) is 4.05. The Hall–Kier alpha value is -0.520. The number of nitrogens with zero attached hydrogens (tertiary/aromatic N) is 1. The van der Waals surface area contributed by atoms with E-state index in [1.165, 1.54) is 23.5 Å². The molecule has 1 aromatic heterocycles. The summed E-state index contributed by atoms with van der Waals surface area (Å²) in [7, 11) is -5.84. The minimum absolute atomic E-state index is 0.0129. The zero-order valence-electron chi connectivity index (χ0n) is 10.8. The standard InChI is InChI=1S/C9H17N3O4S3/c1-7(2)12(3)19(15,16)11-6-8-4-5-9(17-8)18(10,13)14/h4-5,7,11H,6H2,1-3H3,(H2,10,13,14). The van der Waals surface area contributed by atoms with Crippen molar-refractivity contribution >= 4 is 31.6 Å². The third-order valence-corrected chi connectivity index (χ3v) is 6.67. The predicted molar refractivity (Wildman–Crippen MR) is 74.4 cm³/mol.